The van der Waals surface area contributed by atoms with Gasteiger partial charge >= 0.3 is 0 Å². The Labute approximate surface area is 81.5 Å². The van der Waals surface area contributed by atoms with E-state index in [0.29, 0.717) is 0 Å². The third kappa shape index (κ3) is 7.58. The molecule has 0 aromatic heterocycles. The number of aliphatic hydroxyl groups is 1. The highest BCUT2D eigenvalue weighted by atomic mass is 16.3. The highest BCUT2D eigenvalue weighted by molar-refractivity contribution is 4.92. The van der Waals surface area contributed by atoms with Crippen molar-refractivity contribution in [1.82, 2.24) is 0 Å². The molecule has 1 atom stereocenters. The number of aliphatic hydroxyl groups excluding tert-OH is 1. The fourth-order valence-corrected chi connectivity index (χ4v) is 1.00. The third-order valence-electron chi connectivity index (χ3n) is 1.86. The summed E-state index contributed by atoms with van der Waals surface area (Å²) in [5.74, 6) is 0.190. The van der Waals surface area contributed by atoms with Gasteiger partial charge in [-0.05, 0) is 31.4 Å². The Bertz CT molecular complexity index is 176. The summed E-state index contributed by atoms with van der Waals surface area (Å²) >= 11 is 0. The molecule has 0 saturated heterocycles. The molecule has 0 aliphatic carbocycles. The SMILES string of the molecule is C=CCC(C=C=CCCCC)CO. The minimum absolute atomic E-state index is 0.181. The Balaban J connectivity index is 3.76. The molecule has 0 fully saturated rings. The zero-order chi connectivity index (χ0) is 9.94. The van der Waals surface area contributed by atoms with Gasteiger partial charge in [-0.2, -0.15) is 0 Å². The summed E-state index contributed by atoms with van der Waals surface area (Å²) < 4.78 is 0. The molecule has 74 valence electrons. The Morgan fingerprint density at radius 1 is 1.54 bits per heavy atom. The summed E-state index contributed by atoms with van der Waals surface area (Å²) in [6.07, 6.45) is 10.1. The Morgan fingerprint density at radius 3 is 2.85 bits per heavy atom. The number of rotatable bonds is 7. The van der Waals surface area contributed by atoms with Gasteiger partial charge in [-0.25, -0.2) is 0 Å². The van der Waals surface area contributed by atoms with Crippen molar-refractivity contribution in [3.63, 3.8) is 0 Å². The summed E-state index contributed by atoms with van der Waals surface area (Å²) in [5.41, 5.74) is 3.10. The molecule has 0 rings (SSSR count). The fourth-order valence-electron chi connectivity index (χ4n) is 1.00. The van der Waals surface area contributed by atoms with Gasteiger partial charge in [-0.3, -0.25) is 0 Å². The number of hydrogen-bond donors (Lipinski definition) is 1. The normalized spacial score (nSPS) is 11.5. The van der Waals surface area contributed by atoms with E-state index in [1.165, 1.54) is 12.8 Å². The molecule has 0 aromatic rings. The van der Waals surface area contributed by atoms with Crippen LogP contribution in [0.5, 0.6) is 0 Å². The molecule has 0 amide bonds. The monoisotopic (exact) mass is 180 g/mol. The van der Waals surface area contributed by atoms with Gasteiger partial charge in [0.1, 0.15) is 0 Å². The molecule has 0 heterocycles. The van der Waals surface area contributed by atoms with Crippen molar-refractivity contribution in [2.45, 2.75) is 32.6 Å². The minimum Gasteiger partial charge on any atom is -0.396 e. The van der Waals surface area contributed by atoms with Crippen LogP contribution >= 0.6 is 0 Å². The minimum atomic E-state index is 0.181. The molecule has 13 heavy (non-hydrogen) atoms. The Kier molecular flexibility index (Phi) is 8.75. The summed E-state index contributed by atoms with van der Waals surface area (Å²) in [4.78, 5) is 0. The molecule has 1 unspecified atom stereocenters. The van der Waals surface area contributed by atoms with Crippen LogP contribution in [-0.2, 0) is 0 Å². The van der Waals surface area contributed by atoms with E-state index in [1.807, 2.05) is 18.2 Å². The molecule has 0 bridgehead atoms. The summed E-state index contributed by atoms with van der Waals surface area (Å²) in [7, 11) is 0. The van der Waals surface area contributed by atoms with Crippen molar-refractivity contribution in [3.8, 4) is 0 Å². The summed E-state index contributed by atoms with van der Waals surface area (Å²) in [6.45, 7) is 5.99. The lowest BCUT2D eigenvalue weighted by Crippen LogP contribution is -1.99. The van der Waals surface area contributed by atoms with Crippen LogP contribution in [0.4, 0.5) is 0 Å². The lowest BCUT2D eigenvalue weighted by molar-refractivity contribution is 0.254. The van der Waals surface area contributed by atoms with Crippen LogP contribution in [0.3, 0.4) is 0 Å². The van der Waals surface area contributed by atoms with E-state index in [9.17, 15) is 0 Å². The first kappa shape index (κ1) is 12.2. The number of unbranched alkanes of at least 4 members (excludes halogenated alkanes) is 2. The molecule has 1 nitrogen and oxygen atoms in total. The van der Waals surface area contributed by atoms with Crippen LogP contribution in [0.25, 0.3) is 0 Å². The lowest BCUT2D eigenvalue weighted by atomic mass is 10.1. The van der Waals surface area contributed by atoms with Gasteiger partial charge in [0.05, 0.1) is 6.61 Å². The van der Waals surface area contributed by atoms with E-state index >= 15 is 0 Å². The van der Waals surface area contributed by atoms with Crippen LogP contribution in [0, 0.1) is 5.92 Å². The third-order valence-corrected chi connectivity index (χ3v) is 1.86. The van der Waals surface area contributed by atoms with Crippen LogP contribution in [0.2, 0.25) is 0 Å². The first-order valence-electron chi connectivity index (χ1n) is 4.98. The molecule has 0 saturated carbocycles. The highest BCUT2D eigenvalue weighted by Crippen LogP contribution is 2.03. The van der Waals surface area contributed by atoms with E-state index in [0.717, 1.165) is 12.8 Å². The molecule has 1 heteroatoms. The van der Waals surface area contributed by atoms with Gasteiger partial charge in [-0.1, -0.05) is 19.4 Å². The van der Waals surface area contributed by atoms with E-state index < -0.39 is 0 Å². The lowest BCUT2D eigenvalue weighted by Gasteiger charge is -2.01. The second-order valence-corrected chi connectivity index (χ2v) is 3.15. The van der Waals surface area contributed by atoms with Crippen LogP contribution < -0.4 is 0 Å². The number of hydrogen-bond acceptors (Lipinski definition) is 1. The molecular formula is C12H20O. The van der Waals surface area contributed by atoms with Gasteiger partial charge in [0.2, 0.25) is 0 Å². The van der Waals surface area contributed by atoms with Crippen LogP contribution in [0.15, 0.2) is 30.5 Å². The largest absolute Gasteiger partial charge is 0.396 e. The predicted octanol–water partition coefficient (Wildman–Crippen LogP) is 3.07. The Morgan fingerprint density at radius 2 is 2.31 bits per heavy atom. The van der Waals surface area contributed by atoms with E-state index in [4.69, 9.17) is 5.11 Å². The molecule has 0 radical (unpaired) electrons. The van der Waals surface area contributed by atoms with E-state index in [2.05, 4.69) is 19.2 Å². The first-order valence-corrected chi connectivity index (χ1v) is 4.98. The molecular weight excluding hydrogens is 160 g/mol. The summed E-state index contributed by atoms with van der Waals surface area (Å²) in [5, 5.41) is 8.93. The summed E-state index contributed by atoms with van der Waals surface area (Å²) in [6, 6.07) is 0. The average molecular weight is 180 g/mol. The van der Waals surface area contributed by atoms with Crippen LogP contribution in [-0.4, -0.2) is 11.7 Å². The van der Waals surface area contributed by atoms with Gasteiger partial charge < -0.3 is 5.11 Å². The second-order valence-electron chi connectivity index (χ2n) is 3.15. The topological polar surface area (TPSA) is 20.2 Å². The second kappa shape index (κ2) is 9.31. The Hall–Kier alpha value is -0.780. The van der Waals surface area contributed by atoms with Gasteiger partial charge in [0, 0.05) is 5.92 Å². The van der Waals surface area contributed by atoms with Crippen molar-refractivity contribution < 1.29 is 5.11 Å². The van der Waals surface area contributed by atoms with Crippen molar-refractivity contribution >= 4 is 0 Å². The fraction of sp³-hybridized carbons (Fsp3) is 0.583. The first-order chi connectivity index (χ1) is 6.35. The van der Waals surface area contributed by atoms with E-state index in [1.54, 1.807) is 0 Å². The quantitative estimate of drug-likeness (QED) is 0.362. The average Bonchev–Trinajstić information content (AvgIpc) is 2.16. The zero-order valence-corrected chi connectivity index (χ0v) is 8.50. The van der Waals surface area contributed by atoms with E-state index in [-0.39, 0.29) is 12.5 Å². The maximum absolute atomic E-state index is 8.93. The number of allylic oxidation sites excluding steroid dienone is 1. The molecule has 0 spiro atoms. The maximum atomic E-state index is 8.93. The van der Waals surface area contributed by atoms with Gasteiger partial charge in [0.15, 0.2) is 0 Å². The van der Waals surface area contributed by atoms with Crippen molar-refractivity contribution in [2.75, 3.05) is 6.61 Å². The zero-order valence-electron chi connectivity index (χ0n) is 8.50. The van der Waals surface area contributed by atoms with Gasteiger partial charge in [-0.15, -0.1) is 12.3 Å². The smallest absolute Gasteiger partial charge is 0.0502 e. The van der Waals surface area contributed by atoms with Crippen molar-refractivity contribution in [2.24, 2.45) is 5.92 Å². The van der Waals surface area contributed by atoms with Crippen LogP contribution in [0.1, 0.15) is 32.6 Å². The van der Waals surface area contributed by atoms with Crippen molar-refractivity contribution in [3.05, 3.63) is 30.5 Å². The molecule has 0 aliphatic heterocycles. The van der Waals surface area contributed by atoms with Crippen molar-refractivity contribution in [1.29, 1.82) is 0 Å². The predicted molar refractivity (Wildman–Crippen MR) is 57.6 cm³/mol. The van der Waals surface area contributed by atoms with Gasteiger partial charge in [0.25, 0.3) is 0 Å². The maximum Gasteiger partial charge on any atom is 0.0502 e. The molecule has 0 aromatic carbocycles. The highest BCUT2D eigenvalue weighted by Gasteiger charge is 1.97. The molecule has 1 N–H and O–H groups in total. The molecule has 0 aliphatic rings. The standard InChI is InChI=1S/C12H20O/c1-3-5-6-7-8-10-12(11-13)9-4-2/h4,7,10,12-13H,2-3,5-6,9,11H2,1H3.